The van der Waals surface area contributed by atoms with Gasteiger partial charge < -0.3 is 19.5 Å². The molecule has 3 aromatic rings. The van der Waals surface area contributed by atoms with Gasteiger partial charge in [0.05, 0.1) is 5.70 Å². The van der Waals surface area contributed by atoms with Crippen LogP contribution in [0, 0.1) is 20.8 Å². The number of hydrogen-bond donors (Lipinski definition) is 1. The van der Waals surface area contributed by atoms with E-state index < -0.39 is 5.60 Å². The molecule has 0 spiro atoms. The van der Waals surface area contributed by atoms with Gasteiger partial charge in [0.1, 0.15) is 36.1 Å². The molecule has 2 aliphatic rings. The minimum absolute atomic E-state index is 0.270. The molecule has 1 saturated heterocycles. The number of fused-ring (bicyclic) bond motifs is 1. The summed E-state index contributed by atoms with van der Waals surface area (Å²) in [6, 6.07) is 17.6. The smallest absolute Gasteiger partial charge is 0.291 e. The van der Waals surface area contributed by atoms with Crippen LogP contribution in [-0.2, 0) is 17.8 Å². The fraction of sp³-hybridized carbons (Fsp3) is 0.290. The standard InChI is InChI=1S/C31H31NO5S/c1-19-20(2)28-25(21(3)27(19)35-17-23-8-6-5-7-9-23)14-15-31(4,37-28)18-36-24-12-10-22(11-13-24)16-26-29(33)38-30(34)32-26/h5-13,16H,14-15,17-18H2,1-4H3,(H,32,34). The fourth-order valence-corrected chi connectivity index (χ4v) is 5.36. The van der Waals surface area contributed by atoms with E-state index in [1.54, 1.807) is 6.08 Å². The van der Waals surface area contributed by atoms with E-state index in [0.29, 0.717) is 36.4 Å². The van der Waals surface area contributed by atoms with Crippen LogP contribution in [0.4, 0.5) is 4.79 Å². The van der Waals surface area contributed by atoms with Gasteiger partial charge in [0.15, 0.2) is 0 Å². The number of amides is 1. The predicted molar refractivity (Wildman–Crippen MR) is 150 cm³/mol. The minimum atomic E-state index is -0.471. The van der Waals surface area contributed by atoms with Gasteiger partial charge in [-0.2, -0.15) is 0 Å². The van der Waals surface area contributed by atoms with Crippen molar-refractivity contribution >= 4 is 28.2 Å². The van der Waals surface area contributed by atoms with E-state index in [4.69, 9.17) is 14.2 Å². The summed E-state index contributed by atoms with van der Waals surface area (Å²) in [6.07, 6.45) is 3.37. The van der Waals surface area contributed by atoms with Crippen molar-refractivity contribution in [3.63, 3.8) is 0 Å². The summed E-state index contributed by atoms with van der Waals surface area (Å²) >= 11 is 0.671. The molecule has 38 heavy (non-hydrogen) atoms. The molecule has 5 rings (SSSR count). The Labute approximate surface area is 227 Å². The van der Waals surface area contributed by atoms with Gasteiger partial charge in [-0.25, -0.2) is 0 Å². The lowest BCUT2D eigenvalue weighted by Gasteiger charge is -2.38. The lowest BCUT2D eigenvalue weighted by Crippen LogP contribution is -2.42. The fourth-order valence-electron chi connectivity index (χ4n) is 4.81. The molecule has 2 aliphatic heterocycles. The first-order valence-corrected chi connectivity index (χ1v) is 13.5. The number of ether oxygens (including phenoxy) is 3. The van der Waals surface area contributed by atoms with Crippen LogP contribution in [0.5, 0.6) is 17.2 Å². The number of nitrogens with one attached hydrogen (secondary N) is 1. The summed E-state index contributed by atoms with van der Waals surface area (Å²) in [5, 5.41) is 1.94. The summed E-state index contributed by atoms with van der Waals surface area (Å²) < 4.78 is 19.0. The number of carbonyl (C=O) groups is 2. The summed E-state index contributed by atoms with van der Waals surface area (Å²) in [7, 11) is 0. The van der Waals surface area contributed by atoms with Gasteiger partial charge in [-0.05, 0) is 86.6 Å². The lowest BCUT2D eigenvalue weighted by molar-refractivity contribution is -0.107. The molecule has 196 valence electrons. The van der Waals surface area contributed by atoms with Crippen LogP contribution in [0.3, 0.4) is 0 Å². The van der Waals surface area contributed by atoms with Crippen LogP contribution in [0.2, 0.25) is 0 Å². The third-order valence-electron chi connectivity index (χ3n) is 7.17. The average Bonchev–Trinajstić information content (AvgIpc) is 3.23. The van der Waals surface area contributed by atoms with Crippen molar-refractivity contribution in [2.45, 2.75) is 52.7 Å². The van der Waals surface area contributed by atoms with Gasteiger partial charge in [0, 0.05) is 17.3 Å². The molecule has 0 saturated carbocycles. The Bertz CT molecular complexity index is 1410. The quantitative estimate of drug-likeness (QED) is 0.344. The van der Waals surface area contributed by atoms with E-state index in [9.17, 15) is 9.59 Å². The number of hydrogen-bond acceptors (Lipinski definition) is 6. The molecular weight excluding hydrogens is 498 g/mol. The third-order valence-corrected chi connectivity index (χ3v) is 7.86. The summed E-state index contributed by atoms with van der Waals surface area (Å²) in [6.45, 7) is 9.33. The molecule has 0 aromatic heterocycles. The average molecular weight is 530 g/mol. The van der Waals surface area contributed by atoms with Gasteiger partial charge in [-0.15, -0.1) is 0 Å². The Morgan fingerprint density at radius 3 is 2.39 bits per heavy atom. The predicted octanol–water partition coefficient (Wildman–Crippen LogP) is 6.68. The second kappa shape index (κ2) is 10.6. The Hall–Kier alpha value is -3.71. The largest absolute Gasteiger partial charge is 0.489 e. The van der Waals surface area contributed by atoms with Crippen LogP contribution in [0.1, 0.15) is 46.7 Å². The molecule has 3 aromatic carbocycles. The zero-order valence-electron chi connectivity index (χ0n) is 22.1. The Balaban J connectivity index is 1.26. The monoisotopic (exact) mass is 529 g/mol. The van der Waals surface area contributed by atoms with Crippen LogP contribution in [0.25, 0.3) is 6.08 Å². The maximum Gasteiger partial charge on any atom is 0.291 e. The maximum absolute atomic E-state index is 11.8. The molecule has 1 amide bonds. The first kappa shape index (κ1) is 25.9. The van der Waals surface area contributed by atoms with Crippen molar-refractivity contribution in [3.05, 3.63) is 93.7 Å². The molecule has 1 unspecified atom stereocenters. The zero-order chi connectivity index (χ0) is 26.9. The summed E-state index contributed by atoms with van der Waals surface area (Å²) in [5.74, 6) is 2.60. The highest BCUT2D eigenvalue weighted by Crippen LogP contribution is 2.44. The van der Waals surface area contributed by atoms with Crippen molar-refractivity contribution in [1.29, 1.82) is 0 Å². The van der Waals surface area contributed by atoms with Gasteiger partial charge in [-0.1, -0.05) is 42.5 Å². The Morgan fingerprint density at radius 2 is 1.71 bits per heavy atom. The third kappa shape index (κ3) is 5.43. The first-order chi connectivity index (χ1) is 18.2. The number of benzene rings is 3. The van der Waals surface area contributed by atoms with E-state index in [0.717, 1.165) is 52.2 Å². The second-order valence-corrected chi connectivity index (χ2v) is 11.0. The Kier molecular flexibility index (Phi) is 7.21. The van der Waals surface area contributed by atoms with Gasteiger partial charge in [0.25, 0.3) is 5.24 Å². The highest BCUT2D eigenvalue weighted by Gasteiger charge is 2.35. The summed E-state index contributed by atoms with van der Waals surface area (Å²) in [5.41, 5.74) is 6.33. The molecule has 1 atom stereocenters. The topological polar surface area (TPSA) is 73.9 Å². The summed E-state index contributed by atoms with van der Waals surface area (Å²) in [4.78, 5) is 23.2. The van der Waals surface area contributed by atoms with E-state index in [1.165, 1.54) is 5.56 Å². The van der Waals surface area contributed by atoms with Gasteiger partial charge in [0.2, 0.25) is 5.12 Å². The van der Waals surface area contributed by atoms with E-state index in [1.807, 2.05) is 42.5 Å². The van der Waals surface area contributed by atoms with Crippen molar-refractivity contribution in [2.75, 3.05) is 6.61 Å². The number of rotatable bonds is 7. The van der Waals surface area contributed by atoms with Gasteiger partial charge >= 0.3 is 0 Å². The minimum Gasteiger partial charge on any atom is -0.489 e. The highest BCUT2D eigenvalue weighted by atomic mass is 32.2. The van der Waals surface area contributed by atoms with Crippen LogP contribution in [0.15, 0.2) is 60.3 Å². The molecule has 0 radical (unpaired) electrons. The molecule has 0 aliphatic carbocycles. The van der Waals surface area contributed by atoms with Crippen LogP contribution >= 0.6 is 11.8 Å². The maximum atomic E-state index is 11.8. The SMILES string of the molecule is Cc1c(C)c2c(c(C)c1OCc1ccccc1)CCC(C)(COc1ccc(C=C3NC(=O)SC3=O)cc1)O2. The van der Waals surface area contributed by atoms with Crippen molar-refractivity contribution in [2.24, 2.45) is 0 Å². The zero-order valence-corrected chi connectivity index (χ0v) is 22.9. The number of thioether (sulfide) groups is 1. The molecule has 6 nitrogen and oxygen atoms in total. The normalized spacial score (nSPS) is 19.6. The molecule has 1 fully saturated rings. The molecule has 0 bridgehead atoms. The van der Waals surface area contributed by atoms with Crippen LogP contribution < -0.4 is 19.5 Å². The van der Waals surface area contributed by atoms with Crippen LogP contribution in [-0.4, -0.2) is 22.6 Å². The lowest BCUT2D eigenvalue weighted by atomic mass is 9.87. The van der Waals surface area contributed by atoms with E-state index >= 15 is 0 Å². The molecule has 7 heteroatoms. The van der Waals surface area contributed by atoms with E-state index in [-0.39, 0.29) is 10.4 Å². The highest BCUT2D eigenvalue weighted by molar-refractivity contribution is 8.27. The molecular formula is C31H31NO5S. The second-order valence-electron chi connectivity index (χ2n) is 10.1. The first-order valence-electron chi connectivity index (χ1n) is 12.7. The van der Waals surface area contributed by atoms with Crippen molar-refractivity contribution < 1.29 is 23.8 Å². The molecule has 1 N–H and O–H groups in total. The van der Waals surface area contributed by atoms with Gasteiger partial charge in [-0.3, -0.25) is 9.59 Å². The molecule has 2 heterocycles. The Morgan fingerprint density at radius 1 is 0.974 bits per heavy atom. The number of carbonyl (C=O) groups excluding carboxylic acids is 2. The van der Waals surface area contributed by atoms with Crippen molar-refractivity contribution in [3.8, 4) is 17.2 Å². The van der Waals surface area contributed by atoms with E-state index in [2.05, 4.69) is 45.1 Å². The van der Waals surface area contributed by atoms with Crippen molar-refractivity contribution in [1.82, 2.24) is 5.32 Å².